The molecule has 0 bridgehead atoms. The maximum absolute atomic E-state index is 12.6. The number of pyridine rings is 1. The van der Waals surface area contributed by atoms with Crippen LogP contribution in [0.5, 0.6) is 0 Å². The van der Waals surface area contributed by atoms with Crippen molar-refractivity contribution in [1.82, 2.24) is 15.5 Å². The van der Waals surface area contributed by atoms with Gasteiger partial charge in [0.15, 0.2) is 6.61 Å². The molecule has 0 spiro atoms. The third-order valence-electron chi connectivity index (χ3n) is 5.16. The van der Waals surface area contributed by atoms with Crippen LogP contribution in [0, 0.1) is 6.92 Å². The van der Waals surface area contributed by atoms with Gasteiger partial charge in [0.2, 0.25) is 0 Å². The first-order chi connectivity index (χ1) is 12.6. The smallest absolute Gasteiger partial charge is 0.339 e. The lowest BCUT2D eigenvalue weighted by molar-refractivity contribution is -0.125. The molecular weight excluding hydrogens is 334 g/mol. The van der Waals surface area contributed by atoms with Crippen LogP contribution in [0.2, 0.25) is 0 Å². The number of nitrogens with one attached hydrogen (secondary N) is 1. The highest BCUT2D eigenvalue weighted by molar-refractivity contribution is 6.03. The minimum absolute atomic E-state index is 0.198. The zero-order valence-electron chi connectivity index (χ0n) is 14.9. The molecule has 0 unspecified atom stereocenters. The fraction of sp³-hybridized carbons (Fsp3) is 0.579. The number of carbonyl (C=O) groups excluding carboxylic acids is 2. The number of hydrogen-bond donors (Lipinski definition) is 1. The fourth-order valence-electron chi connectivity index (χ4n) is 3.59. The standard InChI is InChI=1S/C19H23N3O4/c1-11-17-14(9-15(12-7-8-12)21-18(17)26-22-11)19(24)25-10-16(23)20-13-5-3-2-4-6-13/h9,12-13H,2-8,10H2,1H3,(H,20,23). The number of hydrogen-bond acceptors (Lipinski definition) is 6. The van der Waals surface area contributed by atoms with E-state index in [2.05, 4.69) is 15.5 Å². The van der Waals surface area contributed by atoms with Crippen molar-refractivity contribution in [1.29, 1.82) is 0 Å². The average molecular weight is 357 g/mol. The first-order valence-corrected chi connectivity index (χ1v) is 9.35. The molecule has 2 aromatic heterocycles. The summed E-state index contributed by atoms with van der Waals surface area (Å²) in [4.78, 5) is 29.1. The summed E-state index contributed by atoms with van der Waals surface area (Å²) in [6.07, 6.45) is 7.60. The molecule has 2 aliphatic carbocycles. The summed E-state index contributed by atoms with van der Waals surface area (Å²) < 4.78 is 10.5. The lowest BCUT2D eigenvalue weighted by Crippen LogP contribution is -2.38. The molecule has 2 aliphatic rings. The van der Waals surface area contributed by atoms with Gasteiger partial charge in [0.25, 0.3) is 11.6 Å². The molecule has 7 heteroatoms. The molecule has 138 valence electrons. The highest BCUT2D eigenvalue weighted by Gasteiger charge is 2.29. The van der Waals surface area contributed by atoms with E-state index in [0.717, 1.165) is 44.2 Å². The van der Waals surface area contributed by atoms with E-state index in [-0.39, 0.29) is 18.6 Å². The zero-order chi connectivity index (χ0) is 18.1. The fourth-order valence-corrected chi connectivity index (χ4v) is 3.59. The van der Waals surface area contributed by atoms with Gasteiger partial charge in [-0.3, -0.25) is 4.79 Å². The Balaban J connectivity index is 1.45. The summed E-state index contributed by atoms with van der Waals surface area (Å²) in [5, 5.41) is 7.42. The number of amides is 1. The molecule has 0 radical (unpaired) electrons. The van der Waals surface area contributed by atoms with E-state index < -0.39 is 5.97 Å². The third-order valence-corrected chi connectivity index (χ3v) is 5.16. The predicted molar refractivity (Wildman–Crippen MR) is 93.8 cm³/mol. The molecule has 0 saturated heterocycles. The van der Waals surface area contributed by atoms with Gasteiger partial charge in [0.05, 0.1) is 16.6 Å². The highest BCUT2D eigenvalue weighted by Crippen LogP contribution is 2.40. The number of rotatable bonds is 5. The summed E-state index contributed by atoms with van der Waals surface area (Å²) in [7, 11) is 0. The molecule has 2 aromatic rings. The molecule has 1 N–H and O–H groups in total. The van der Waals surface area contributed by atoms with E-state index in [9.17, 15) is 9.59 Å². The molecule has 2 heterocycles. The lowest BCUT2D eigenvalue weighted by atomic mass is 9.95. The van der Waals surface area contributed by atoms with Gasteiger partial charge in [0.1, 0.15) is 0 Å². The number of nitrogens with zero attached hydrogens (tertiary/aromatic N) is 2. The van der Waals surface area contributed by atoms with Crippen molar-refractivity contribution < 1.29 is 18.8 Å². The Morgan fingerprint density at radius 1 is 1.23 bits per heavy atom. The van der Waals surface area contributed by atoms with Gasteiger partial charge >= 0.3 is 5.97 Å². The van der Waals surface area contributed by atoms with Gasteiger partial charge in [-0.25, -0.2) is 9.78 Å². The molecule has 0 atom stereocenters. The topological polar surface area (TPSA) is 94.3 Å². The monoisotopic (exact) mass is 357 g/mol. The second-order valence-corrected chi connectivity index (χ2v) is 7.30. The van der Waals surface area contributed by atoms with Gasteiger partial charge in [-0.2, -0.15) is 0 Å². The number of fused-ring (bicyclic) bond motifs is 1. The molecule has 0 aromatic carbocycles. The van der Waals surface area contributed by atoms with Crippen molar-refractivity contribution in [3.05, 3.63) is 23.0 Å². The second kappa shape index (κ2) is 7.05. The maximum atomic E-state index is 12.6. The van der Waals surface area contributed by atoms with Crippen molar-refractivity contribution in [2.24, 2.45) is 0 Å². The van der Waals surface area contributed by atoms with Crippen LogP contribution in [-0.4, -0.2) is 34.7 Å². The minimum atomic E-state index is -0.538. The van der Waals surface area contributed by atoms with Crippen LogP contribution < -0.4 is 5.32 Å². The van der Waals surface area contributed by atoms with E-state index in [1.165, 1.54) is 6.42 Å². The largest absolute Gasteiger partial charge is 0.452 e. The van der Waals surface area contributed by atoms with Crippen LogP contribution >= 0.6 is 0 Å². The summed E-state index contributed by atoms with van der Waals surface area (Å²) in [5.41, 5.74) is 2.15. The van der Waals surface area contributed by atoms with Crippen LogP contribution in [0.15, 0.2) is 10.6 Å². The maximum Gasteiger partial charge on any atom is 0.339 e. The Kier molecular flexibility index (Phi) is 4.61. The van der Waals surface area contributed by atoms with Crippen molar-refractivity contribution in [3.63, 3.8) is 0 Å². The highest BCUT2D eigenvalue weighted by atomic mass is 16.5. The number of ether oxygens (including phenoxy) is 1. The number of esters is 1. The Hall–Kier alpha value is -2.44. The molecule has 4 rings (SSSR count). The van der Waals surface area contributed by atoms with Crippen molar-refractivity contribution in [2.75, 3.05) is 6.61 Å². The van der Waals surface area contributed by atoms with Gasteiger partial charge in [-0.05, 0) is 38.7 Å². The minimum Gasteiger partial charge on any atom is -0.452 e. The number of aryl methyl sites for hydroxylation is 1. The van der Waals surface area contributed by atoms with Crippen molar-refractivity contribution in [2.45, 2.75) is 63.8 Å². The second-order valence-electron chi connectivity index (χ2n) is 7.30. The van der Waals surface area contributed by atoms with Crippen LogP contribution in [-0.2, 0) is 9.53 Å². The summed E-state index contributed by atoms with van der Waals surface area (Å²) in [6.45, 7) is 1.49. The molecule has 1 amide bonds. The van der Waals surface area contributed by atoms with Gasteiger partial charge in [-0.15, -0.1) is 0 Å². The summed E-state index contributed by atoms with van der Waals surface area (Å²) in [6, 6.07) is 1.95. The molecule has 2 saturated carbocycles. The zero-order valence-corrected chi connectivity index (χ0v) is 14.9. The molecule has 26 heavy (non-hydrogen) atoms. The van der Waals surface area contributed by atoms with E-state index in [1.54, 1.807) is 13.0 Å². The lowest BCUT2D eigenvalue weighted by Gasteiger charge is -2.22. The van der Waals surface area contributed by atoms with E-state index in [1.807, 2.05) is 0 Å². The Morgan fingerprint density at radius 3 is 2.73 bits per heavy atom. The van der Waals surface area contributed by atoms with E-state index >= 15 is 0 Å². The quantitative estimate of drug-likeness (QED) is 0.827. The molecule has 7 nitrogen and oxygen atoms in total. The first kappa shape index (κ1) is 17.0. The van der Waals surface area contributed by atoms with Gasteiger partial charge in [-0.1, -0.05) is 24.4 Å². The van der Waals surface area contributed by atoms with Crippen molar-refractivity contribution in [3.8, 4) is 0 Å². The predicted octanol–water partition coefficient (Wildman–Crippen LogP) is 3.01. The third kappa shape index (κ3) is 3.57. The average Bonchev–Trinajstić information content (AvgIpc) is 3.44. The van der Waals surface area contributed by atoms with Gasteiger partial charge < -0.3 is 14.6 Å². The van der Waals surface area contributed by atoms with Crippen LogP contribution in [0.3, 0.4) is 0 Å². The SMILES string of the molecule is Cc1noc2nc(C3CC3)cc(C(=O)OCC(=O)NC3CCCCC3)c12. The van der Waals surface area contributed by atoms with Crippen LogP contribution in [0.25, 0.3) is 11.1 Å². The normalized spacial score (nSPS) is 18.0. The van der Waals surface area contributed by atoms with E-state index in [0.29, 0.717) is 28.3 Å². The van der Waals surface area contributed by atoms with Crippen LogP contribution in [0.1, 0.15) is 72.6 Å². The summed E-state index contributed by atoms with van der Waals surface area (Å²) >= 11 is 0. The Labute approximate surface area is 151 Å². The molecule has 0 aliphatic heterocycles. The number of carbonyl (C=O) groups is 2. The number of aromatic nitrogens is 2. The van der Waals surface area contributed by atoms with Gasteiger partial charge in [0, 0.05) is 17.7 Å². The first-order valence-electron chi connectivity index (χ1n) is 9.35. The Bertz CT molecular complexity index is 835. The molecule has 2 fully saturated rings. The molecular formula is C19H23N3O4. The summed E-state index contributed by atoms with van der Waals surface area (Å²) in [5.74, 6) is -0.421. The Morgan fingerprint density at radius 2 is 2.00 bits per heavy atom. The van der Waals surface area contributed by atoms with Crippen molar-refractivity contribution >= 4 is 23.0 Å². The van der Waals surface area contributed by atoms with E-state index in [4.69, 9.17) is 9.26 Å². The van der Waals surface area contributed by atoms with Crippen LogP contribution in [0.4, 0.5) is 0 Å².